The van der Waals surface area contributed by atoms with Gasteiger partial charge in [-0.1, -0.05) is 6.07 Å². The van der Waals surface area contributed by atoms with Crippen molar-refractivity contribution >= 4 is 25.7 Å². The minimum Gasteiger partial charge on any atom is -0.279 e. The second-order valence-electron chi connectivity index (χ2n) is 5.42. The van der Waals surface area contributed by atoms with Crippen molar-refractivity contribution in [2.45, 2.75) is 30.6 Å². The molecule has 0 fully saturated rings. The van der Waals surface area contributed by atoms with Crippen LogP contribution in [0.4, 0.5) is 5.69 Å². The summed E-state index contributed by atoms with van der Waals surface area (Å²) >= 11 is 0. The van der Waals surface area contributed by atoms with Crippen molar-refractivity contribution in [2.75, 3.05) is 11.8 Å². The molecule has 132 valence electrons. The fraction of sp³-hybridized carbons (Fsp3) is 0.357. The molecule has 10 heteroatoms. The first-order chi connectivity index (χ1) is 11.0. The smallest absolute Gasteiger partial charge is 0.265 e. The highest BCUT2D eigenvalue weighted by Gasteiger charge is 2.24. The zero-order valence-electron chi connectivity index (χ0n) is 14.1. The van der Waals surface area contributed by atoms with Crippen LogP contribution in [0.3, 0.4) is 0 Å². The lowest BCUT2D eigenvalue weighted by atomic mass is 10.2. The van der Waals surface area contributed by atoms with E-state index in [2.05, 4.69) is 14.5 Å². The van der Waals surface area contributed by atoms with Crippen molar-refractivity contribution in [3.05, 3.63) is 35.2 Å². The molecule has 0 unspecified atom stereocenters. The van der Waals surface area contributed by atoms with E-state index < -0.39 is 20.0 Å². The van der Waals surface area contributed by atoms with Gasteiger partial charge < -0.3 is 0 Å². The summed E-state index contributed by atoms with van der Waals surface area (Å²) in [6.07, 6.45) is 0. The minimum atomic E-state index is -3.88. The van der Waals surface area contributed by atoms with Crippen LogP contribution in [0.25, 0.3) is 0 Å². The Morgan fingerprint density at radius 2 is 1.67 bits per heavy atom. The number of nitrogens with one attached hydrogen (secondary N) is 2. The van der Waals surface area contributed by atoms with Crippen LogP contribution in [0.2, 0.25) is 0 Å². The van der Waals surface area contributed by atoms with Crippen molar-refractivity contribution < 1.29 is 16.8 Å². The Kier molecular flexibility index (Phi) is 4.75. The Bertz CT molecular complexity index is 992. The molecule has 0 aliphatic heterocycles. The van der Waals surface area contributed by atoms with Crippen LogP contribution in [0.15, 0.2) is 28.0 Å². The van der Waals surface area contributed by atoms with Crippen LogP contribution in [0.5, 0.6) is 0 Å². The molecule has 0 atom stereocenters. The molecule has 0 radical (unpaired) electrons. The van der Waals surface area contributed by atoms with Crippen molar-refractivity contribution in [1.29, 1.82) is 0 Å². The van der Waals surface area contributed by atoms with Crippen molar-refractivity contribution in [3.63, 3.8) is 0 Å². The van der Waals surface area contributed by atoms with Crippen LogP contribution >= 0.6 is 0 Å². The first-order valence-corrected chi connectivity index (χ1v) is 10.0. The van der Waals surface area contributed by atoms with Crippen LogP contribution < -0.4 is 9.44 Å². The Morgan fingerprint density at radius 1 is 1.04 bits per heavy atom. The number of rotatable bonds is 5. The van der Waals surface area contributed by atoms with E-state index in [1.807, 2.05) is 0 Å². The lowest BCUT2D eigenvalue weighted by Gasteiger charge is -2.12. The number of benzene rings is 1. The lowest BCUT2D eigenvalue weighted by molar-refractivity contribution is 0.587. The van der Waals surface area contributed by atoms with Crippen molar-refractivity contribution in [3.8, 4) is 0 Å². The number of hydrogen-bond acceptors (Lipinski definition) is 5. The third kappa shape index (κ3) is 3.30. The predicted molar refractivity (Wildman–Crippen MR) is 90.9 cm³/mol. The van der Waals surface area contributed by atoms with E-state index in [0.717, 1.165) is 0 Å². The Labute approximate surface area is 142 Å². The van der Waals surface area contributed by atoms with Gasteiger partial charge in [0.15, 0.2) is 0 Å². The van der Waals surface area contributed by atoms with Crippen molar-refractivity contribution in [2.24, 2.45) is 7.05 Å². The maximum Gasteiger partial charge on any atom is 0.265 e. The number of hydrogen-bond donors (Lipinski definition) is 2. The highest BCUT2D eigenvalue weighted by molar-refractivity contribution is 7.92. The SMILES string of the molecule is CNS(=O)(=O)c1cc(NS(=O)(=O)c2c(C)nn(C)c2C)ccc1C. The predicted octanol–water partition coefficient (Wildman–Crippen LogP) is 1.05. The summed E-state index contributed by atoms with van der Waals surface area (Å²) < 4.78 is 55.4. The van der Waals surface area contributed by atoms with E-state index >= 15 is 0 Å². The molecule has 1 aromatic carbocycles. The molecule has 1 aromatic heterocycles. The van der Waals surface area contributed by atoms with Crippen LogP contribution in [0, 0.1) is 20.8 Å². The van der Waals surface area contributed by atoms with Crippen LogP contribution in [0.1, 0.15) is 17.0 Å². The highest BCUT2D eigenvalue weighted by Crippen LogP contribution is 2.25. The van der Waals surface area contributed by atoms with E-state index in [4.69, 9.17) is 0 Å². The van der Waals surface area contributed by atoms with E-state index in [1.54, 1.807) is 33.9 Å². The fourth-order valence-electron chi connectivity index (χ4n) is 2.41. The third-order valence-electron chi connectivity index (χ3n) is 3.71. The number of nitrogens with zero attached hydrogens (tertiary/aromatic N) is 2. The van der Waals surface area contributed by atoms with Gasteiger partial charge in [0.05, 0.1) is 22.0 Å². The number of aromatic nitrogens is 2. The van der Waals surface area contributed by atoms with Gasteiger partial charge >= 0.3 is 0 Å². The molecular weight excluding hydrogens is 352 g/mol. The summed E-state index contributed by atoms with van der Waals surface area (Å²) in [6.45, 7) is 4.89. The molecular formula is C14H20N4O4S2. The molecule has 0 amide bonds. The first-order valence-electron chi connectivity index (χ1n) is 7.07. The summed E-state index contributed by atoms with van der Waals surface area (Å²) in [5.41, 5.74) is 1.55. The van der Waals surface area contributed by atoms with Gasteiger partial charge in [-0.3, -0.25) is 9.40 Å². The number of aryl methyl sites for hydroxylation is 3. The molecule has 24 heavy (non-hydrogen) atoms. The first kappa shape index (κ1) is 18.4. The number of sulfonamides is 2. The summed E-state index contributed by atoms with van der Waals surface area (Å²) in [5, 5.41) is 4.09. The normalized spacial score (nSPS) is 12.4. The van der Waals surface area contributed by atoms with Gasteiger partial charge in [0.25, 0.3) is 10.0 Å². The monoisotopic (exact) mass is 372 g/mol. The fourth-order valence-corrected chi connectivity index (χ4v) is 4.90. The van der Waals surface area contributed by atoms with Crippen molar-refractivity contribution in [1.82, 2.24) is 14.5 Å². The minimum absolute atomic E-state index is 0.0184. The van der Waals surface area contributed by atoms with Crippen LogP contribution in [-0.2, 0) is 27.1 Å². The number of anilines is 1. The molecule has 0 bridgehead atoms. The summed E-state index contributed by atoms with van der Waals surface area (Å²) in [6, 6.07) is 4.35. The average Bonchev–Trinajstić information content (AvgIpc) is 2.74. The average molecular weight is 372 g/mol. The maximum atomic E-state index is 12.6. The maximum absolute atomic E-state index is 12.6. The Balaban J connectivity index is 2.50. The molecule has 0 saturated carbocycles. The Hall–Kier alpha value is -1.91. The second-order valence-corrected chi connectivity index (χ2v) is 8.89. The van der Waals surface area contributed by atoms with Gasteiger partial charge in [-0.25, -0.2) is 21.6 Å². The van der Waals surface area contributed by atoms with E-state index in [1.165, 1.54) is 23.9 Å². The molecule has 0 saturated heterocycles. The molecule has 2 aromatic rings. The largest absolute Gasteiger partial charge is 0.279 e. The summed E-state index contributed by atoms with van der Waals surface area (Å²) in [7, 11) is -4.61. The van der Waals surface area contributed by atoms with Gasteiger partial charge in [0.2, 0.25) is 10.0 Å². The standard InChI is InChI=1S/C14H20N4O4S2/c1-9-6-7-12(8-13(9)23(19,20)15-4)17-24(21,22)14-10(2)16-18(5)11(14)3/h6-8,15,17H,1-5H3. The zero-order valence-corrected chi connectivity index (χ0v) is 15.7. The van der Waals surface area contributed by atoms with Gasteiger partial charge in [0, 0.05) is 7.05 Å². The molecule has 0 aliphatic carbocycles. The van der Waals surface area contributed by atoms with Gasteiger partial charge in [-0.15, -0.1) is 0 Å². The van der Waals surface area contributed by atoms with E-state index in [0.29, 0.717) is 17.0 Å². The second kappa shape index (κ2) is 6.19. The van der Waals surface area contributed by atoms with Crippen LogP contribution in [-0.4, -0.2) is 33.7 Å². The van der Waals surface area contributed by atoms with Gasteiger partial charge in [-0.2, -0.15) is 5.10 Å². The molecule has 0 spiro atoms. The molecule has 0 aliphatic rings. The third-order valence-corrected chi connectivity index (χ3v) is 6.90. The summed E-state index contributed by atoms with van der Waals surface area (Å²) in [4.78, 5) is 0.105. The van der Waals surface area contributed by atoms with Gasteiger partial charge in [0.1, 0.15) is 4.90 Å². The highest BCUT2D eigenvalue weighted by atomic mass is 32.2. The van der Waals surface area contributed by atoms with E-state index in [9.17, 15) is 16.8 Å². The van der Waals surface area contributed by atoms with E-state index in [-0.39, 0.29) is 15.5 Å². The zero-order chi connectivity index (χ0) is 18.3. The summed E-state index contributed by atoms with van der Waals surface area (Å²) in [5.74, 6) is 0. The molecule has 1 heterocycles. The molecule has 2 N–H and O–H groups in total. The van der Waals surface area contributed by atoms with Gasteiger partial charge in [-0.05, 0) is 45.5 Å². The lowest BCUT2D eigenvalue weighted by Crippen LogP contribution is -2.20. The quantitative estimate of drug-likeness (QED) is 0.815. The molecule has 8 nitrogen and oxygen atoms in total. The Morgan fingerprint density at radius 3 is 2.17 bits per heavy atom. The topological polar surface area (TPSA) is 110 Å². The molecule has 2 rings (SSSR count).